The highest BCUT2D eigenvalue weighted by Crippen LogP contribution is 2.47. The number of rotatable bonds is 4. The van der Waals surface area contributed by atoms with E-state index in [4.69, 9.17) is 0 Å². The molecule has 0 saturated carbocycles. The summed E-state index contributed by atoms with van der Waals surface area (Å²) in [7, 11) is -4.65. The fourth-order valence-corrected chi connectivity index (χ4v) is 7.52. The zero-order valence-electron chi connectivity index (χ0n) is 15.7. The highest BCUT2D eigenvalue weighted by Gasteiger charge is 2.25. The van der Waals surface area contributed by atoms with Crippen LogP contribution in [0.5, 0.6) is 0 Å². The minimum absolute atomic E-state index is 0.806. The lowest BCUT2D eigenvalue weighted by molar-refractivity contribution is 0.604. The minimum atomic E-state index is -3.64. The van der Waals surface area contributed by atoms with Crippen LogP contribution in [0.15, 0.2) is 95.1 Å². The van der Waals surface area contributed by atoms with Gasteiger partial charge in [-0.25, -0.2) is 8.42 Å². The Morgan fingerprint density at radius 1 is 0.786 bits per heavy atom. The number of benzene rings is 3. The summed E-state index contributed by atoms with van der Waals surface area (Å²) in [5, 5.41) is 1.61. The summed E-state index contributed by atoms with van der Waals surface area (Å²) in [5.74, 6) is 0. The van der Waals surface area contributed by atoms with Crippen molar-refractivity contribution in [2.75, 3.05) is 18.2 Å². The Kier molecular flexibility index (Phi) is 6.04. The van der Waals surface area contributed by atoms with E-state index < -0.39 is 17.1 Å². The van der Waals surface area contributed by atoms with E-state index in [1.807, 2.05) is 98.0 Å². The van der Waals surface area contributed by atoms with Gasteiger partial charge in [0.25, 0.3) is 0 Å². The van der Waals surface area contributed by atoms with Crippen molar-refractivity contribution in [2.45, 2.75) is 0 Å². The molecule has 0 aliphatic rings. The molecular formula is C22H21N2O2PS. The third-order valence-electron chi connectivity index (χ3n) is 4.05. The van der Waals surface area contributed by atoms with Crippen molar-refractivity contribution >= 4 is 33.4 Å². The lowest BCUT2D eigenvalue weighted by Crippen LogP contribution is -2.17. The molecule has 0 aromatic heterocycles. The van der Waals surface area contributed by atoms with Crippen LogP contribution in [0.1, 0.15) is 0 Å². The molecule has 0 spiro atoms. The van der Waals surface area contributed by atoms with Crippen molar-refractivity contribution in [1.82, 2.24) is 0 Å². The van der Waals surface area contributed by atoms with E-state index in [-0.39, 0.29) is 0 Å². The summed E-state index contributed by atoms with van der Waals surface area (Å²) < 4.78 is 28.9. The first kappa shape index (κ1) is 19.9. The van der Waals surface area contributed by atoms with E-state index in [1.54, 1.807) is 4.90 Å². The quantitative estimate of drug-likeness (QED) is 0.374. The molecule has 0 unspecified atom stereocenters. The lowest BCUT2D eigenvalue weighted by atomic mass is 10.3. The van der Waals surface area contributed by atoms with Crippen LogP contribution >= 0.6 is 7.05 Å². The van der Waals surface area contributed by atoms with Gasteiger partial charge in [-0.15, -0.1) is 0 Å². The van der Waals surface area contributed by atoms with Crippen molar-refractivity contribution in [2.24, 2.45) is 4.15 Å². The molecule has 0 heterocycles. The van der Waals surface area contributed by atoms with Gasteiger partial charge >= 0.3 is 0 Å². The molecule has 0 N–H and O–H groups in total. The standard InChI is InChI=1S/C22H21N2O2PS/c1-24(20-12-6-3-7-13-20)18-19-27(23-28(2,25)26,21-14-8-4-9-15-21)22-16-10-5-11-17-22/h3-17H,1-2H3. The molecule has 0 aliphatic heterocycles. The van der Waals surface area contributed by atoms with Gasteiger partial charge in [-0.05, 0) is 17.8 Å². The maximum Gasteiger partial charge on any atom is 0.250 e. The van der Waals surface area contributed by atoms with Crippen LogP contribution in [0.25, 0.3) is 0 Å². The molecule has 0 bridgehead atoms. The van der Waals surface area contributed by atoms with Gasteiger partial charge in [0.15, 0.2) is 0 Å². The highest BCUT2D eigenvalue weighted by atomic mass is 32.2. The maximum absolute atomic E-state index is 12.3. The summed E-state index contributed by atoms with van der Waals surface area (Å²) in [5.41, 5.74) is 4.19. The van der Waals surface area contributed by atoms with Gasteiger partial charge in [-0.2, -0.15) is 4.15 Å². The molecule has 3 aromatic rings. The topological polar surface area (TPSA) is 49.7 Å². The van der Waals surface area contributed by atoms with Crippen molar-refractivity contribution in [3.8, 4) is 11.7 Å². The number of para-hydroxylation sites is 1. The maximum atomic E-state index is 12.3. The first-order valence-corrected chi connectivity index (χ1v) is 12.3. The number of nitrogens with zero attached hydrogens (tertiary/aromatic N) is 2. The molecule has 142 valence electrons. The predicted octanol–water partition coefficient (Wildman–Crippen LogP) is 3.85. The van der Waals surface area contributed by atoms with Crippen LogP contribution in [0, 0.1) is 11.7 Å². The Labute approximate surface area is 167 Å². The molecule has 3 aromatic carbocycles. The van der Waals surface area contributed by atoms with Crippen molar-refractivity contribution in [3.05, 3.63) is 91.0 Å². The summed E-state index contributed by atoms with van der Waals surface area (Å²) in [6.45, 7) is 0. The van der Waals surface area contributed by atoms with Gasteiger partial charge in [-0.3, -0.25) is 0 Å². The molecule has 28 heavy (non-hydrogen) atoms. The summed E-state index contributed by atoms with van der Waals surface area (Å²) in [4.78, 5) is 1.79. The van der Waals surface area contributed by atoms with E-state index >= 15 is 0 Å². The second-order valence-electron chi connectivity index (χ2n) is 6.24. The van der Waals surface area contributed by atoms with Gasteiger partial charge < -0.3 is 4.90 Å². The van der Waals surface area contributed by atoms with Crippen LogP contribution in [-0.4, -0.2) is 21.7 Å². The third-order valence-corrected chi connectivity index (χ3v) is 8.73. The van der Waals surface area contributed by atoms with Crippen LogP contribution in [0.2, 0.25) is 0 Å². The van der Waals surface area contributed by atoms with E-state index in [9.17, 15) is 8.42 Å². The van der Waals surface area contributed by atoms with Crippen LogP contribution in [0.3, 0.4) is 0 Å². The van der Waals surface area contributed by atoms with Gasteiger partial charge in [0.1, 0.15) is 7.05 Å². The second-order valence-corrected chi connectivity index (χ2v) is 10.9. The van der Waals surface area contributed by atoms with Crippen LogP contribution in [-0.2, 0) is 10.0 Å². The fourth-order valence-electron chi connectivity index (χ4n) is 2.77. The summed E-state index contributed by atoms with van der Waals surface area (Å²) in [6, 6.07) is 31.8. The predicted molar refractivity (Wildman–Crippen MR) is 119 cm³/mol. The first-order valence-electron chi connectivity index (χ1n) is 8.67. The Balaban J connectivity index is 2.29. The lowest BCUT2D eigenvalue weighted by Gasteiger charge is -2.20. The first-order chi connectivity index (χ1) is 13.4. The Bertz CT molecular complexity index is 1110. The third kappa shape index (κ3) is 4.72. The molecular weight excluding hydrogens is 387 g/mol. The average molecular weight is 408 g/mol. The SMILES string of the molecule is CN(C#CP(=NS(C)(=O)=O)(c1ccccc1)c1ccccc1)c1ccccc1. The zero-order chi connectivity index (χ0) is 20.0. The summed E-state index contributed by atoms with van der Waals surface area (Å²) in [6.07, 6.45) is 1.12. The molecule has 3 rings (SSSR count). The molecule has 0 aliphatic carbocycles. The van der Waals surface area contributed by atoms with Gasteiger partial charge in [-0.1, -0.05) is 78.9 Å². The van der Waals surface area contributed by atoms with Gasteiger partial charge in [0.05, 0.1) is 6.26 Å². The van der Waals surface area contributed by atoms with E-state index in [1.165, 1.54) is 0 Å². The van der Waals surface area contributed by atoms with Crippen LogP contribution in [0.4, 0.5) is 5.69 Å². The van der Waals surface area contributed by atoms with Crippen molar-refractivity contribution < 1.29 is 8.42 Å². The van der Waals surface area contributed by atoms with E-state index in [0.717, 1.165) is 22.6 Å². The molecule has 0 fully saturated rings. The van der Waals surface area contributed by atoms with Crippen LogP contribution < -0.4 is 15.5 Å². The number of hydrogen-bond acceptors (Lipinski definition) is 3. The summed E-state index contributed by atoms with van der Waals surface area (Å²) >= 11 is 0. The van der Waals surface area contributed by atoms with E-state index in [2.05, 4.69) is 15.9 Å². The van der Waals surface area contributed by atoms with E-state index in [0.29, 0.717) is 0 Å². The van der Waals surface area contributed by atoms with Gasteiger partial charge in [0.2, 0.25) is 10.0 Å². The molecule has 0 atom stereocenters. The number of anilines is 1. The molecule has 4 nitrogen and oxygen atoms in total. The number of hydrogen-bond donors (Lipinski definition) is 0. The largest absolute Gasteiger partial charge is 0.304 e. The molecule has 0 amide bonds. The smallest absolute Gasteiger partial charge is 0.250 e. The number of sulfonamides is 1. The zero-order valence-corrected chi connectivity index (χ0v) is 17.4. The van der Waals surface area contributed by atoms with Crippen molar-refractivity contribution in [3.63, 3.8) is 0 Å². The molecule has 0 radical (unpaired) electrons. The van der Waals surface area contributed by atoms with Gasteiger partial charge in [0, 0.05) is 29.4 Å². The Hall–Kier alpha value is -2.80. The molecule has 6 heteroatoms. The Morgan fingerprint density at radius 2 is 1.21 bits per heavy atom. The Morgan fingerprint density at radius 3 is 1.64 bits per heavy atom. The minimum Gasteiger partial charge on any atom is -0.304 e. The fraction of sp³-hybridized carbons (Fsp3) is 0.0909. The van der Waals surface area contributed by atoms with Crippen molar-refractivity contribution in [1.29, 1.82) is 0 Å². The normalized spacial score (nSPS) is 11.2. The molecule has 0 saturated heterocycles. The second kappa shape index (κ2) is 8.48. The average Bonchev–Trinajstić information content (AvgIpc) is 2.72. The highest BCUT2D eigenvalue weighted by molar-refractivity contribution is 7.98. The monoisotopic (exact) mass is 408 g/mol.